The highest BCUT2D eigenvalue weighted by atomic mass is 79.9. The predicted molar refractivity (Wildman–Crippen MR) is 200 cm³/mol. The largest absolute Gasteiger partial charge is 0.0859 e. The molecule has 0 bridgehead atoms. The van der Waals surface area contributed by atoms with E-state index in [-0.39, 0.29) is 0 Å². The Hall–Kier alpha value is -3.46. The fraction of sp³-hybridized carbons (Fsp3) is 0.190. The average Bonchev–Trinajstić information content (AvgIpc) is 3.03. The van der Waals surface area contributed by atoms with Crippen molar-refractivity contribution in [3.63, 3.8) is 0 Å². The van der Waals surface area contributed by atoms with Crippen LogP contribution in [0.1, 0.15) is 45.6 Å². The molecule has 0 aliphatic heterocycles. The van der Waals surface area contributed by atoms with E-state index in [1.807, 2.05) is 0 Å². The van der Waals surface area contributed by atoms with E-state index in [0.29, 0.717) is 0 Å². The molecule has 0 fully saturated rings. The Kier molecular flexibility index (Phi) is 8.08. The van der Waals surface area contributed by atoms with Crippen LogP contribution >= 0.6 is 31.9 Å². The lowest BCUT2D eigenvalue weighted by atomic mass is 9.85. The van der Waals surface area contributed by atoms with Gasteiger partial charge in [-0.15, -0.1) is 0 Å². The maximum absolute atomic E-state index is 4.06. The second kappa shape index (κ2) is 12.1. The lowest BCUT2D eigenvalue weighted by Crippen LogP contribution is -1.97. The standard InChI is InChI=1S/C42H36Br2/c1-26(2)9-6-10-27(3)17-18-28-19-21-29(22-20-28)31-13-4-5-14-32(31)36-25-38(44)41-35-16-8-12-30-11-7-15-34(39(30)35)40-37(43)24-23-33(36)42(40)41/h4-5,7-9,11-16,19-25,27H,6,10,17-18H2,1-3H3/t27-/m0/s1. The summed E-state index contributed by atoms with van der Waals surface area (Å²) >= 11 is 8.01. The molecule has 7 rings (SSSR count). The van der Waals surface area contributed by atoms with E-state index < -0.39 is 0 Å². The van der Waals surface area contributed by atoms with Crippen molar-refractivity contribution >= 4 is 74.9 Å². The number of fused-ring (bicyclic) bond motifs is 2. The molecule has 2 heteroatoms. The van der Waals surface area contributed by atoms with Gasteiger partial charge in [-0.25, -0.2) is 0 Å². The van der Waals surface area contributed by atoms with Gasteiger partial charge in [0.15, 0.2) is 0 Å². The van der Waals surface area contributed by atoms with E-state index in [1.165, 1.54) is 95.7 Å². The van der Waals surface area contributed by atoms with Gasteiger partial charge in [0.05, 0.1) is 0 Å². The van der Waals surface area contributed by atoms with Crippen LogP contribution in [0.15, 0.2) is 124 Å². The molecule has 0 aliphatic rings. The Balaban J connectivity index is 1.31. The first-order chi connectivity index (χ1) is 21.4. The fourth-order valence-corrected chi connectivity index (χ4v) is 8.18. The summed E-state index contributed by atoms with van der Waals surface area (Å²) in [6.45, 7) is 6.77. The Bertz CT molecular complexity index is 2110. The van der Waals surface area contributed by atoms with Crippen molar-refractivity contribution in [3.05, 3.63) is 129 Å². The van der Waals surface area contributed by atoms with Gasteiger partial charge in [-0.05, 0) is 112 Å². The molecule has 7 aromatic carbocycles. The number of aryl methyl sites for hydroxylation is 1. The summed E-state index contributed by atoms with van der Waals surface area (Å²) in [5.74, 6) is 0.733. The third-order valence-corrected chi connectivity index (χ3v) is 10.6. The number of hydrogen-bond acceptors (Lipinski definition) is 0. The molecule has 0 saturated carbocycles. The molecule has 1 atom stereocenters. The molecular weight excluding hydrogens is 664 g/mol. The first-order valence-corrected chi connectivity index (χ1v) is 17.3. The third-order valence-electron chi connectivity index (χ3n) is 9.27. The SMILES string of the molecule is CC(C)=CCC[C@H](C)CCc1ccc(-c2ccccc2-c2cc(Br)c3c4cccc5cccc(c6c(Br)ccc2c63)c54)cc1. The molecular formula is C42H36Br2. The number of hydrogen-bond donors (Lipinski definition) is 0. The second-order valence-corrected chi connectivity index (χ2v) is 14.3. The highest BCUT2D eigenvalue weighted by Crippen LogP contribution is 2.49. The molecule has 0 saturated heterocycles. The highest BCUT2D eigenvalue weighted by molar-refractivity contribution is 9.11. The van der Waals surface area contributed by atoms with Crippen molar-refractivity contribution in [1.29, 1.82) is 0 Å². The van der Waals surface area contributed by atoms with Gasteiger partial charge in [0.25, 0.3) is 0 Å². The quantitative estimate of drug-likeness (QED) is 0.0841. The van der Waals surface area contributed by atoms with E-state index in [4.69, 9.17) is 0 Å². The zero-order valence-corrected chi connectivity index (χ0v) is 28.7. The van der Waals surface area contributed by atoms with E-state index in [0.717, 1.165) is 21.3 Å². The summed E-state index contributed by atoms with van der Waals surface area (Å²) in [4.78, 5) is 0. The summed E-state index contributed by atoms with van der Waals surface area (Å²) in [6.07, 6.45) is 7.17. The molecule has 0 amide bonds. The minimum absolute atomic E-state index is 0.733. The Morgan fingerprint density at radius 3 is 2.00 bits per heavy atom. The number of rotatable bonds is 8. The fourth-order valence-electron chi connectivity index (χ4n) is 7.00. The topological polar surface area (TPSA) is 0 Å². The molecule has 0 aromatic heterocycles. The number of benzene rings is 7. The minimum atomic E-state index is 0.733. The number of allylic oxidation sites excluding steroid dienone is 2. The molecule has 7 aromatic rings. The van der Waals surface area contributed by atoms with Gasteiger partial charge < -0.3 is 0 Å². The molecule has 0 aliphatic carbocycles. The lowest BCUT2D eigenvalue weighted by Gasteiger charge is -2.20. The van der Waals surface area contributed by atoms with Gasteiger partial charge in [-0.2, -0.15) is 0 Å². The van der Waals surface area contributed by atoms with Gasteiger partial charge >= 0.3 is 0 Å². The molecule has 0 nitrogen and oxygen atoms in total. The summed E-state index contributed by atoms with van der Waals surface area (Å²) in [6, 6.07) is 38.4. The van der Waals surface area contributed by atoms with Gasteiger partial charge in [-0.3, -0.25) is 0 Å². The normalized spacial score (nSPS) is 12.5. The van der Waals surface area contributed by atoms with Crippen LogP contribution in [0.2, 0.25) is 0 Å². The highest BCUT2D eigenvalue weighted by Gasteiger charge is 2.20. The van der Waals surface area contributed by atoms with Gasteiger partial charge in [0, 0.05) is 25.1 Å². The first-order valence-electron chi connectivity index (χ1n) is 15.7. The molecule has 218 valence electrons. The third kappa shape index (κ3) is 5.27. The Morgan fingerprint density at radius 1 is 0.614 bits per heavy atom. The van der Waals surface area contributed by atoms with Crippen LogP contribution in [0, 0.1) is 5.92 Å². The van der Waals surface area contributed by atoms with Crippen molar-refractivity contribution in [2.75, 3.05) is 0 Å². The molecule has 0 heterocycles. The van der Waals surface area contributed by atoms with E-state index in [1.54, 1.807) is 0 Å². The van der Waals surface area contributed by atoms with Gasteiger partial charge in [0.2, 0.25) is 0 Å². The van der Waals surface area contributed by atoms with E-state index in [9.17, 15) is 0 Å². The second-order valence-electron chi connectivity index (χ2n) is 12.6. The monoisotopic (exact) mass is 698 g/mol. The maximum Gasteiger partial charge on any atom is 0.0266 e. The summed E-state index contributed by atoms with van der Waals surface area (Å²) in [5, 5.41) is 10.3. The number of halogens is 2. The van der Waals surface area contributed by atoms with Crippen LogP contribution in [-0.2, 0) is 6.42 Å². The van der Waals surface area contributed by atoms with Crippen LogP contribution in [0.5, 0.6) is 0 Å². The molecule has 44 heavy (non-hydrogen) atoms. The summed E-state index contributed by atoms with van der Waals surface area (Å²) in [5.41, 5.74) is 7.87. The molecule has 0 unspecified atom stereocenters. The smallest absolute Gasteiger partial charge is 0.0266 e. The van der Waals surface area contributed by atoms with Crippen molar-refractivity contribution in [3.8, 4) is 22.3 Å². The van der Waals surface area contributed by atoms with Crippen LogP contribution < -0.4 is 0 Å². The van der Waals surface area contributed by atoms with Crippen LogP contribution in [-0.4, -0.2) is 0 Å². The van der Waals surface area contributed by atoms with Crippen LogP contribution in [0.25, 0.3) is 65.3 Å². The molecule has 0 N–H and O–H groups in total. The maximum atomic E-state index is 4.06. The van der Waals surface area contributed by atoms with Gasteiger partial charge in [-0.1, -0.05) is 141 Å². The zero-order valence-electron chi connectivity index (χ0n) is 25.6. The molecule has 0 radical (unpaired) electrons. The zero-order chi connectivity index (χ0) is 30.4. The summed E-state index contributed by atoms with van der Waals surface area (Å²) in [7, 11) is 0. The first kappa shape index (κ1) is 29.3. The predicted octanol–water partition coefficient (Wildman–Crippen LogP) is 13.9. The minimum Gasteiger partial charge on any atom is -0.0859 e. The van der Waals surface area contributed by atoms with Crippen molar-refractivity contribution < 1.29 is 0 Å². The average molecular weight is 701 g/mol. The van der Waals surface area contributed by atoms with Crippen LogP contribution in [0.4, 0.5) is 0 Å². The summed E-state index contributed by atoms with van der Waals surface area (Å²) < 4.78 is 2.26. The van der Waals surface area contributed by atoms with Crippen molar-refractivity contribution in [2.45, 2.75) is 46.5 Å². The van der Waals surface area contributed by atoms with Crippen molar-refractivity contribution in [1.82, 2.24) is 0 Å². The Morgan fingerprint density at radius 2 is 1.30 bits per heavy atom. The van der Waals surface area contributed by atoms with Crippen LogP contribution in [0.3, 0.4) is 0 Å². The van der Waals surface area contributed by atoms with Gasteiger partial charge in [0.1, 0.15) is 0 Å². The van der Waals surface area contributed by atoms with E-state index in [2.05, 4.69) is 162 Å². The van der Waals surface area contributed by atoms with Crippen molar-refractivity contribution in [2.24, 2.45) is 5.92 Å². The molecule has 0 spiro atoms. The lowest BCUT2D eigenvalue weighted by molar-refractivity contribution is 0.497. The Labute approximate surface area is 277 Å². The van der Waals surface area contributed by atoms with E-state index >= 15 is 0 Å².